The molecule has 1 aliphatic heterocycles. The summed E-state index contributed by atoms with van der Waals surface area (Å²) in [6.07, 6.45) is 1.70. The maximum absolute atomic E-state index is 14.1. The summed E-state index contributed by atoms with van der Waals surface area (Å²) in [7, 11) is -2.35. The van der Waals surface area contributed by atoms with E-state index in [1.807, 2.05) is 6.08 Å². The van der Waals surface area contributed by atoms with E-state index in [4.69, 9.17) is 0 Å². The van der Waals surface area contributed by atoms with E-state index in [0.29, 0.717) is 17.8 Å². The van der Waals surface area contributed by atoms with E-state index in [1.54, 1.807) is 54.5 Å². The molecule has 41 heavy (non-hydrogen) atoms. The van der Waals surface area contributed by atoms with Crippen LogP contribution in [0.2, 0.25) is 0 Å². The van der Waals surface area contributed by atoms with Gasteiger partial charge in [0.15, 0.2) is 10.8 Å². The van der Waals surface area contributed by atoms with E-state index >= 15 is 0 Å². The zero-order chi connectivity index (χ0) is 29.0. The number of benzene rings is 1. The molecule has 1 atom stereocenters. The number of pyridine rings is 1. The zero-order valence-corrected chi connectivity index (χ0v) is 22.7. The average Bonchev–Trinajstić information content (AvgIpc) is 3.57. The Morgan fingerprint density at radius 3 is 2.54 bits per heavy atom. The molecule has 0 bridgehead atoms. The highest BCUT2D eigenvalue weighted by Crippen LogP contribution is 2.47. The van der Waals surface area contributed by atoms with Gasteiger partial charge in [-0.1, -0.05) is 23.8 Å². The number of hydrogen-bond acceptors (Lipinski definition) is 6. The highest BCUT2D eigenvalue weighted by molar-refractivity contribution is 7.89. The molecule has 1 aromatic carbocycles. The molecule has 1 fully saturated rings. The fourth-order valence-electron chi connectivity index (χ4n) is 5.62. The maximum Gasteiger partial charge on any atom is 0.393 e. The summed E-state index contributed by atoms with van der Waals surface area (Å²) >= 11 is 0. The number of piperidine rings is 1. The van der Waals surface area contributed by atoms with E-state index in [2.05, 4.69) is 15.2 Å². The number of ketones is 1. The Labute approximate surface area is 234 Å². The van der Waals surface area contributed by atoms with Crippen LogP contribution in [0.5, 0.6) is 0 Å². The minimum atomic E-state index is -4.31. The number of carbonyl (C=O) groups excluding carboxylic acids is 1. The largest absolute Gasteiger partial charge is 0.393 e. The molecule has 0 spiro atoms. The van der Waals surface area contributed by atoms with Gasteiger partial charge in [-0.3, -0.25) is 14.5 Å². The van der Waals surface area contributed by atoms with Crippen molar-refractivity contribution in [3.05, 3.63) is 95.2 Å². The summed E-state index contributed by atoms with van der Waals surface area (Å²) in [5.41, 5.74) is 1.90. The van der Waals surface area contributed by atoms with Crippen LogP contribution in [0.25, 0.3) is 11.8 Å². The summed E-state index contributed by atoms with van der Waals surface area (Å²) in [4.78, 5) is 18.4. The Balaban J connectivity index is 1.40. The van der Waals surface area contributed by atoms with Gasteiger partial charge >= 0.3 is 6.18 Å². The first kappa shape index (κ1) is 27.1. The SMILES string of the molecule is Cn1ccc(S(=O)(=O)N2CCC3=Cc4c(cnn4-c4ccc(CC(F)(F)F)cc4)C[C@]3(C(=O)c3ccccn3)C2)n1. The number of nitrogens with zero attached hydrogens (tertiary/aromatic N) is 6. The van der Waals surface area contributed by atoms with Crippen LogP contribution >= 0.6 is 0 Å². The number of hydrogen-bond donors (Lipinski definition) is 0. The Morgan fingerprint density at radius 1 is 1.10 bits per heavy atom. The quantitative estimate of drug-likeness (QED) is 0.319. The number of carbonyl (C=O) groups is 1. The molecule has 3 aromatic heterocycles. The molecule has 0 unspecified atom stereocenters. The average molecular weight is 583 g/mol. The number of sulfonamides is 1. The molecular weight excluding hydrogens is 557 g/mol. The van der Waals surface area contributed by atoms with Crippen molar-refractivity contribution < 1.29 is 26.4 Å². The van der Waals surface area contributed by atoms with E-state index in [-0.39, 0.29) is 41.6 Å². The zero-order valence-electron chi connectivity index (χ0n) is 21.9. The van der Waals surface area contributed by atoms with Crippen molar-refractivity contribution in [1.82, 2.24) is 28.9 Å². The molecule has 0 saturated carbocycles. The highest BCUT2D eigenvalue weighted by Gasteiger charge is 2.51. The molecular formula is C28H25F3N6O3S. The van der Waals surface area contributed by atoms with Crippen molar-refractivity contribution in [1.29, 1.82) is 0 Å². The number of aromatic nitrogens is 5. The number of fused-ring (bicyclic) bond motifs is 2. The summed E-state index contributed by atoms with van der Waals surface area (Å²) in [5, 5.41) is 8.48. The van der Waals surface area contributed by atoms with Gasteiger partial charge in [0.05, 0.1) is 29.4 Å². The highest BCUT2D eigenvalue weighted by atomic mass is 32.2. The number of Topliss-reactive ketones (excluding diaryl/α,β-unsaturated/α-hetero) is 1. The van der Waals surface area contributed by atoms with Crippen LogP contribution in [0.3, 0.4) is 0 Å². The summed E-state index contributed by atoms with van der Waals surface area (Å²) < 4.78 is 69.9. The smallest absolute Gasteiger partial charge is 0.291 e. The van der Waals surface area contributed by atoms with Gasteiger partial charge in [-0.15, -0.1) is 0 Å². The third-order valence-electron chi connectivity index (χ3n) is 7.59. The lowest BCUT2D eigenvalue weighted by molar-refractivity contribution is -0.127. The topological polar surface area (TPSA) is 103 Å². The summed E-state index contributed by atoms with van der Waals surface area (Å²) in [6, 6.07) is 12.4. The van der Waals surface area contributed by atoms with Crippen molar-refractivity contribution in [2.24, 2.45) is 12.5 Å². The van der Waals surface area contributed by atoms with Crippen molar-refractivity contribution in [2.75, 3.05) is 13.1 Å². The van der Waals surface area contributed by atoms with Gasteiger partial charge in [0.2, 0.25) is 0 Å². The molecule has 6 rings (SSSR count). The first-order valence-electron chi connectivity index (χ1n) is 12.9. The predicted molar refractivity (Wildman–Crippen MR) is 143 cm³/mol. The van der Waals surface area contributed by atoms with Crippen molar-refractivity contribution in [3.8, 4) is 5.69 Å². The van der Waals surface area contributed by atoms with Crippen molar-refractivity contribution in [2.45, 2.75) is 30.5 Å². The number of alkyl halides is 3. The minimum Gasteiger partial charge on any atom is -0.291 e. The summed E-state index contributed by atoms with van der Waals surface area (Å²) in [6.45, 7) is 0.0571. The van der Waals surface area contributed by atoms with Crippen LogP contribution in [-0.4, -0.2) is 62.3 Å². The van der Waals surface area contributed by atoms with Crippen LogP contribution in [0.1, 0.15) is 33.7 Å². The Kier molecular flexibility index (Phi) is 6.46. The Bertz CT molecular complexity index is 1760. The van der Waals surface area contributed by atoms with Crippen LogP contribution in [0.15, 0.2) is 77.7 Å². The lowest BCUT2D eigenvalue weighted by Gasteiger charge is -2.44. The van der Waals surface area contributed by atoms with Crippen molar-refractivity contribution >= 4 is 21.9 Å². The number of rotatable bonds is 6. The molecule has 0 radical (unpaired) electrons. The second-order valence-corrected chi connectivity index (χ2v) is 12.2. The summed E-state index contributed by atoms with van der Waals surface area (Å²) in [5.74, 6) is -0.292. The predicted octanol–water partition coefficient (Wildman–Crippen LogP) is 4.01. The standard InChI is InChI=1S/C28H25F3N6O3S/c1-35-12-10-25(34-35)41(39,40)36-13-9-21-14-24-20(16-27(21,18-36)26(38)23-4-2-3-11-32-23)17-33-37(24)22-7-5-19(6-8-22)15-28(29,30)31/h2-8,10-12,14,17H,9,13,15-16,18H2,1H3/t27-/m0/s1. The lowest BCUT2D eigenvalue weighted by atomic mass is 9.65. The van der Waals surface area contributed by atoms with Gasteiger partial charge in [0.25, 0.3) is 10.0 Å². The first-order chi connectivity index (χ1) is 19.5. The fourth-order valence-corrected chi connectivity index (χ4v) is 7.07. The van der Waals surface area contributed by atoms with Gasteiger partial charge in [-0.25, -0.2) is 13.1 Å². The molecule has 9 nitrogen and oxygen atoms in total. The Morgan fingerprint density at radius 2 is 1.88 bits per heavy atom. The number of halogens is 3. The second kappa shape index (κ2) is 9.77. The van der Waals surface area contributed by atoms with Crippen LogP contribution < -0.4 is 0 Å². The molecule has 212 valence electrons. The van der Waals surface area contributed by atoms with Crippen molar-refractivity contribution in [3.63, 3.8) is 0 Å². The van der Waals surface area contributed by atoms with E-state index < -0.39 is 28.0 Å². The maximum atomic E-state index is 14.1. The van der Waals surface area contributed by atoms with Gasteiger partial charge < -0.3 is 0 Å². The molecule has 1 saturated heterocycles. The van der Waals surface area contributed by atoms with Crippen LogP contribution in [-0.2, 0) is 29.9 Å². The first-order valence-corrected chi connectivity index (χ1v) is 14.3. The third-order valence-corrected chi connectivity index (χ3v) is 9.33. The molecule has 13 heteroatoms. The molecule has 2 aliphatic rings. The molecule has 0 N–H and O–H groups in total. The monoisotopic (exact) mass is 582 g/mol. The van der Waals surface area contributed by atoms with Gasteiger partial charge in [0, 0.05) is 32.5 Å². The van der Waals surface area contributed by atoms with E-state index in [0.717, 1.165) is 11.1 Å². The van der Waals surface area contributed by atoms with Gasteiger partial charge in [-0.05, 0) is 60.4 Å². The van der Waals surface area contributed by atoms with Crippen LogP contribution in [0.4, 0.5) is 13.2 Å². The molecule has 0 amide bonds. The van der Waals surface area contributed by atoms with Gasteiger partial charge in [0.1, 0.15) is 5.69 Å². The van der Waals surface area contributed by atoms with E-state index in [9.17, 15) is 26.4 Å². The van der Waals surface area contributed by atoms with E-state index in [1.165, 1.54) is 33.4 Å². The van der Waals surface area contributed by atoms with Crippen LogP contribution in [0, 0.1) is 5.41 Å². The molecule has 1 aliphatic carbocycles. The van der Waals surface area contributed by atoms with Gasteiger partial charge in [-0.2, -0.15) is 27.7 Å². The minimum absolute atomic E-state index is 0.0915. The second-order valence-electron chi connectivity index (χ2n) is 10.3. The molecule has 4 aromatic rings. The number of aryl methyl sites for hydroxylation is 1. The fraction of sp³-hybridized carbons (Fsp3) is 0.286. The third kappa shape index (κ3) is 4.88. The Hall–Kier alpha value is -4.10. The molecule has 4 heterocycles. The lowest BCUT2D eigenvalue weighted by Crippen LogP contribution is -2.53. The normalized spacial score (nSPS) is 19.4.